The van der Waals surface area contributed by atoms with Crippen LogP contribution in [0.4, 0.5) is 14.9 Å². The third-order valence-corrected chi connectivity index (χ3v) is 7.46. The quantitative estimate of drug-likeness (QED) is 0.258. The Kier molecular flexibility index (Phi) is 6.25. The molecule has 1 aliphatic heterocycles. The first-order valence-electron chi connectivity index (χ1n) is 14.2. The van der Waals surface area contributed by atoms with Crippen LogP contribution in [0, 0.1) is 11.7 Å². The number of amides is 2. The molecule has 4 aromatic rings. The van der Waals surface area contributed by atoms with E-state index in [1.165, 1.54) is 6.07 Å². The van der Waals surface area contributed by atoms with Crippen molar-refractivity contribution in [2.45, 2.75) is 78.6 Å². The van der Waals surface area contributed by atoms with Crippen molar-refractivity contribution in [3.8, 4) is 11.5 Å². The molecule has 1 fully saturated rings. The van der Waals surface area contributed by atoms with Crippen LogP contribution in [0.1, 0.15) is 70.3 Å². The van der Waals surface area contributed by atoms with Crippen LogP contribution in [0.15, 0.2) is 30.3 Å². The van der Waals surface area contributed by atoms with Crippen molar-refractivity contribution >= 4 is 45.6 Å². The molecule has 0 N–H and O–H groups in total. The Morgan fingerprint density at radius 1 is 1.00 bits per heavy atom. The van der Waals surface area contributed by atoms with Crippen LogP contribution in [0.2, 0.25) is 0 Å². The maximum Gasteiger partial charge on any atom is 0.421 e. The molecule has 2 aliphatic rings. The van der Waals surface area contributed by atoms with Crippen molar-refractivity contribution in [3.05, 3.63) is 47.3 Å². The maximum atomic E-state index is 15.5. The number of benzene rings is 2. The number of rotatable bonds is 4. The minimum Gasteiger partial charge on any atom is -0.456 e. The van der Waals surface area contributed by atoms with E-state index < -0.39 is 29.1 Å². The van der Waals surface area contributed by atoms with E-state index in [1.54, 1.807) is 65.3 Å². The smallest absolute Gasteiger partial charge is 0.421 e. The van der Waals surface area contributed by atoms with Crippen LogP contribution in [0.5, 0.6) is 0 Å². The van der Waals surface area contributed by atoms with Gasteiger partial charge in [-0.05, 0) is 84.6 Å². The average Bonchev–Trinajstić information content (AvgIpc) is 3.37. The largest absolute Gasteiger partial charge is 0.456 e. The number of imidazole rings is 1. The predicted molar refractivity (Wildman–Crippen MR) is 157 cm³/mol. The number of carbonyl (C=O) groups is 3. The van der Waals surface area contributed by atoms with Gasteiger partial charge in [0.15, 0.2) is 5.82 Å². The molecule has 10 heteroatoms. The van der Waals surface area contributed by atoms with Gasteiger partial charge in [-0.25, -0.2) is 23.9 Å². The zero-order valence-electron chi connectivity index (χ0n) is 25.0. The molecule has 42 heavy (non-hydrogen) atoms. The van der Waals surface area contributed by atoms with Crippen molar-refractivity contribution in [1.82, 2.24) is 14.1 Å². The molecule has 0 radical (unpaired) electrons. The zero-order valence-corrected chi connectivity index (χ0v) is 25.0. The highest BCUT2D eigenvalue weighted by molar-refractivity contribution is 6.19. The fourth-order valence-corrected chi connectivity index (χ4v) is 5.60. The van der Waals surface area contributed by atoms with E-state index in [0.29, 0.717) is 29.5 Å². The molecular weight excluding hydrogens is 539 g/mol. The number of carbonyl (C=O) groups excluding carboxylic acids is 3. The summed E-state index contributed by atoms with van der Waals surface area (Å²) < 4.78 is 30.3. The van der Waals surface area contributed by atoms with Crippen LogP contribution in [0.25, 0.3) is 33.5 Å². The van der Waals surface area contributed by atoms with Crippen molar-refractivity contribution < 1.29 is 28.2 Å². The van der Waals surface area contributed by atoms with Crippen LogP contribution < -0.4 is 4.90 Å². The lowest BCUT2D eigenvalue weighted by Crippen LogP contribution is -2.38. The summed E-state index contributed by atoms with van der Waals surface area (Å²) in [4.78, 5) is 44.8. The minimum atomic E-state index is -0.748. The first-order chi connectivity index (χ1) is 19.6. The summed E-state index contributed by atoms with van der Waals surface area (Å²) in [6.07, 6.45) is 1.55. The lowest BCUT2D eigenvalue weighted by Gasteiger charge is -2.23. The number of hydrogen-bond acceptors (Lipinski definition) is 6. The second kappa shape index (κ2) is 9.40. The van der Waals surface area contributed by atoms with Gasteiger partial charge in [0.25, 0.3) is 0 Å². The van der Waals surface area contributed by atoms with Crippen LogP contribution in [-0.4, -0.2) is 43.3 Å². The molecule has 2 aromatic carbocycles. The first kappa shape index (κ1) is 27.9. The van der Waals surface area contributed by atoms with Crippen LogP contribution >= 0.6 is 0 Å². The Morgan fingerprint density at radius 3 is 2.33 bits per heavy atom. The van der Waals surface area contributed by atoms with Crippen LogP contribution in [-0.2, 0) is 34.3 Å². The number of anilines is 1. The van der Waals surface area contributed by atoms with Crippen molar-refractivity contribution in [2.75, 3.05) is 4.90 Å². The third-order valence-electron chi connectivity index (χ3n) is 7.46. The van der Waals surface area contributed by atoms with Crippen molar-refractivity contribution in [3.63, 3.8) is 0 Å². The number of aromatic nitrogens is 3. The number of imide groups is 1. The molecule has 2 aromatic heterocycles. The highest BCUT2D eigenvalue weighted by atomic mass is 19.1. The number of nitrogens with zero attached hydrogens (tertiary/aromatic N) is 4. The van der Waals surface area contributed by atoms with E-state index in [1.807, 2.05) is 12.1 Å². The normalized spacial score (nSPS) is 15.5. The molecule has 0 spiro atoms. The highest BCUT2D eigenvalue weighted by Gasteiger charge is 2.38. The minimum absolute atomic E-state index is 0.0659. The van der Waals surface area contributed by atoms with Crippen LogP contribution in [0.3, 0.4) is 0 Å². The maximum absolute atomic E-state index is 15.5. The van der Waals surface area contributed by atoms with Gasteiger partial charge in [-0.15, -0.1) is 0 Å². The molecule has 3 heterocycles. The molecule has 9 nitrogen and oxygen atoms in total. The topological polar surface area (TPSA) is 95.7 Å². The molecule has 2 amide bonds. The van der Waals surface area contributed by atoms with Gasteiger partial charge < -0.3 is 18.6 Å². The molecule has 6 rings (SSSR count). The Labute approximate surface area is 243 Å². The third kappa shape index (κ3) is 4.92. The number of hydrogen-bond donors (Lipinski definition) is 0. The van der Waals surface area contributed by atoms with E-state index >= 15 is 4.39 Å². The van der Waals surface area contributed by atoms with Gasteiger partial charge in [-0.2, -0.15) is 0 Å². The Bertz CT molecular complexity index is 1800. The monoisotopic (exact) mass is 574 g/mol. The fourth-order valence-electron chi connectivity index (χ4n) is 5.60. The molecule has 220 valence electrons. The average molecular weight is 575 g/mol. The van der Waals surface area contributed by atoms with E-state index in [0.717, 1.165) is 39.9 Å². The van der Waals surface area contributed by atoms with Gasteiger partial charge in [0, 0.05) is 24.5 Å². The molecule has 1 aliphatic carbocycles. The SMILES string of the molecule is Cn1c(-c2cc3ccc4c(c3n2CC2CC2)CC(=O)N4C(=O)OC(C)(C)C)nc2cc(C(=O)OC(C)(C)C)cc(F)c21. The summed E-state index contributed by atoms with van der Waals surface area (Å²) in [5, 5.41) is 0.894. The van der Waals surface area contributed by atoms with E-state index in [-0.39, 0.29) is 23.4 Å². The first-order valence-corrected chi connectivity index (χ1v) is 14.2. The Hall–Kier alpha value is -4.21. The second-order valence-corrected chi connectivity index (χ2v) is 13.3. The second-order valence-electron chi connectivity index (χ2n) is 13.3. The summed E-state index contributed by atoms with van der Waals surface area (Å²) in [6, 6.07) is 8.40. The molecular formula is C32H35FN4O5. The van der Waals surface area contributed by atoms with Crippen molar-refractivity contribution in [1.29, 1.82) is 0 Å². The number of halogens is 1. The summed E-state index contributed by atoms with van der Waals surface area (Å²) in [5.74, 6) is -0.525. The molecule has 0 bridgehead atoms. The van der Waals surface area contributed by atoms with Gasteiger partial charge >= 0.3 is 12.1 Å². The van der Waals surface area contributed by atoms with E-state index in [2.05, 4.69) is 4.57 Å². The van der Waals surface area contributed by atoms with E-state index in [9.17, 15) is 14.4 Å². The van der Waals surface area contributed by atoms with E-state index in [4.69, 9.17) is 14.5 Å². The molecule has 1 saturated carbocycles. The summed E-state index contributed by atoms with van der Waals surface area (Å²) >= 11 is 0. The standard InChI is InChI=1S/C32H35FN4O5/c1-31(2,3)41-29(39)19-12-21(33)27-22(13-19)34-28(35(27)7)24-14-18-10-11-23-20(26(18)36(24)16-17-8-9-17)15-25(38)37(23)30(40)42-32(4,5)6/h10-14,17H,8-9,15-16H2,1-7H3. The number of fused-ring (bicyclic) bond motifs is 4. The summed E-state index contributed by atoms with van der Waals surface area (Å²) in [5.41, 5.74) is 2.14. The van der Waals surface area contributed by atoms with Crippen molar-refractivity contribution in [2.24, 2.45) is 13.0 Å². The molecule has 0 atom stereocenters. The predicted octanol–water partition coefficient (Wildman–Crippen LogP) is 6.52. The van der Waals surface area contributed by atoms with Gasteiger partial charge in [0.05, 0.1) is 34.4 Å². The summed E-state index contributed by atoms with van der Waals surface area (Å²) in [6.45, 7) is 11.3. The molecule has 0 unspecified atom stereocenters. The highest BCUT2D eigenvalue weighted by Crippen LogP contribution is 2.42. The summed E-state index contributed by atoms with van der Waals surface area (Å²) in [7, 11) is 1.75. The number of esters is 1. The van der Waals surface area contributed by atoms with Gasteiger partial charge in [-0.1, -0.05) is 6.07 Å². The number of ether oxygens (including phenoxy) is 2. The van der Waals surface area contributed by atoms with Gasteiger partial charge in [0.1, 0.15) is 22.5 Å². The molecule has 0 saturated heterocycles. The van der Waals surface area contributed by atoms with Gasteiger partial charge in [-0.3, -0.25) is 4.79 Å². The number of aryl methyl sites for hydroxylation is 1. The lowest BCUT2D eigenvalue weighted by atomic mass is 10.1. The Balaban J connectivity index is 1.49. The van der Waals surface area contributed by atoms with Gasteiger partial charge in [0.2, 0.25) is 5.91 Å². The Morgan fingerprint density at radius 2 is 1.69 bits per heavy atom. The zero-order chi connectivity index (χ0) is 30.3. The lowest BCUT2D eigenvalue weighted by molar-refractivity contribution is -0.117. The fraction of sp³-hybridized carbons (Fsp3) is 0.438.